The van der Waals surface area contributed by atoms with Crippen LogP contribution in [0.5, 0.6) is 0 Å². The lowest BCUT2D eigenvalue weighted by Gasteiger charge is -2.44. The first-order valence-corrected chi connectivity index (χ1v) is 13.0. The highest BCUT2D eigenvalue weighted by atomic mass is 28.4. The molecular formula is C26H34N2O3Si. The molecule has 0 bridgehead atoms. The first-order valence-electron chi connectivity index (χ1n) is 11.1. The van der Waals surface area contributed by atoms with E-state index in [1.165, 1.54) is 0 Å². The quantitative estimate of drug-likeness (QED) is 0.510. The fraction of sp³-hybridized carbons (Fsp3) is 0.462. The number of nitrogens with zero attached hydrogens (tertiary/aromatic N) is 2. The molecule has 0 saturated carbocycles. The van der Waals surface area contributed by atoms with E-state index in [4.69, 9.17) is 15.7 Å². The van der Waals surface area contributed by atoms with Gasteiger partial charge in [0.05, 0.1) is 6.54 Å². The van der Waals surface area contributed by atoms with Crippen LogP contribution < -0.4 is 10.4 Å². The summed E-state index contributed by atoms with van der Waals surface area (Å²) >= 11 is 0. The van der Waals surface area contributed by atoms with E-state index in [9.17, 15) is 4.79 Å². The SMILES string of the molecule is [C-]#[N+][C@H]1CN(C(=O)OC(C)(C)C)C[C@H]1O[Si](c1ccccc1)(c1ccccc1)C(C)(C)C. The van der Waals surface area contributed by atoms with Crippen molar-refractivity contribution < 1.29 is 14.0 Å². The van der Waals surface area contributed by atoms with E-state index in [2.05, 4.69) is 49.9 Å². The van der Waals surface area contributed by atoms with Gasteiger partial charge >= 0.3 is 6.09 Å². The van der Waals surface area contributed by atoms with Crippen molar-refractivity contribution >= 4 is 24.8 Å². The molecule has 5 nitrogen and oxygen atoms in total. The van der Waals surface area contributed by atoms with Gasteiger partial charge in [0.2, 0.25) is 0 Å². The Morgan fingerprint density at radius 1 is 0.938 bits per heavy atom. The fourth-order valence-electron chi connectivity index (χ4n) is 4.39. The maximum Gasteiger partial charge on any atom is 0.410 e. The van der Waals surface area contributed by atoms with Crippen molar-refractivity contribution in [2.45, 2.75) is 64.3 Å². The summed E-state index contributed by atoms with van der Waals surface area (Å²) in [6.45, 7) is 20.7. The molecule has 0 aliphatic carbocycles. The van der Waals surface area contributed by atoms with Gasteiger partial charge in [-0.15, -0.1) is 0 Å². The Balaban J connectivity index is 2.04. The van der Waals surface area contributed by atoms with Crippen LogP contribution in [0.25, 0.3) is 4.85 Å². The van der Waals surface area contributed by atoms with Gasteiger partial charge in [-0.05, 0) is 36.2 Å². The number of likely N-dealkylation sites (tertiary alicyclic amines) is 1. The molecule has 32 heavy (non-hydrogen) atoms. The minimum atomic E-state index is -2.81. The third-order valence-electron chi connectivity index (χ3n) is 5.80. The molecular weight excluding hydrogens is 416 g/mol. The van der Waals surface area contributed by atoms with Crippen LogP contribution in [0.1, 0.15) is 41.5 Å². The number of rotatable bonds is 4. The van der Waals surface area contributed by atoms with E-state index in [1.54, 1.807) is 4.90 Å². The zero-order chi connectivity index (χ0) is 23.6. The van der Waals surface area contributed by atoms with Crippen LogP contribution in [0, 0.1) is 6.57 Å². The van der Waals surface area contributed by atoms with Gasteiger partial charge in [-0.1, -0.05) is 81.4 Å². The molecule has 2 aromatic carbocycles. The second-order valence-corrected chi connectivity index (χ2v) is 14.7. The lowest BCUT2D eigenvalue weighted by atomic mass is 10.2. The molecule has 3 rings (SSSR count). The summed E-state index contributed by atoms with van der Waals surface area (Å²) in [6.07, 6.45) is -0.772. The van der Waals surface area contributed by atoms with Gasteiger partial charge in [0.1, 0.15) is 18.2 Å². The molecule has 1 fully saturated rings. The van der Waals surface area contributed by atoms with Crippen LogP contribution in [0.4, 0.5) is 4.79 Å². The number of hydrogen-bond acceptors (Lipinski definition) is 3. The normalized spacial score (nSPS) is 19.5. The average molecular weight is 451 g/mol. The van der Waals surface area contributed by atoms with E-state index >= 15 is 0 Å². The van der Waals surface area contributed by atoms with Crippen molar-refractivity contribution in [1.82, 2.24) is 4.90 Å². The van der Waals surface area contributed by atoms with Gasteiger partial charge < -0.3 is 14.0 Å². The molecule has 1 amide bonds. The highest BCUT2D eigenvalue weighted by Gasteiger charge is 2.55. The van der Waals surface area contributed by atoms with Crippen molar-refractivity contribution in [3.8, 4) is 0 Å². The number of ether oxygens (including phenoxy) is 1. The molecule has 6 heteroatoms. The Kier molecular flexibility index (Phi) is 6.82. The molecule has 0 aromatic heterocycles. The van der Waals surface area contributed by atoms with Gasteiger partial charge in [0.25, 0.3) is 14.4 Å². The third-order valence-corrected chi connectivity index (χ3v) is 10.9. The summed E-state index contributed by atoms with van der Waals surface area (Å²) in [5.74, 6) is 0. The highest BCUT2D eigenvalue weighted by molar-refractivity contribution is 6.99. The van der Waals surface area contributed by atoms with Crippen molar-refractivity contribution in [3.05, 3.63) is 72.1 Å². The monoisotopic (exact) mass is 450 g/mol. The zero-order valence-corrected chi connectivity index (χ0v) is 21.0. The summed E-state index contributed by atoms with van der Waals surface area (Å²) in [7, 11) is -2.81. The number of amides is 1. The molecule has 0 unspecified atom stereocenters. The van der Waals surface area contributed by atoms with E-state index in [0.29, 0.717) is 13.1 Å². The largest absolute Gasteiger partial charge is 0.444 e. The maximum absolute atomic E-state index is 12.7. The molecule has 1 aliphatic rings. The predicted octanol–water partition coefficient (Wildman–Crippen LogP) is 4.47. The Morgan fingerprint density at radius 2 is 1.44 bits per heavy atom. The molecule has 0 radical (unpaired) electrons. The molecule has 1 heterocycles. The smallest absolute Gasteiger partial charge is 0.410 e. The van der Waals surface area contributed by atoms with Crippen molar-refractivity contribution in [2.24, 2.45) is 0 Å². The second-order valence-electron chi connectivity index (χ2n) is 10.4. The average Bonchev–Trinajstić information content (AvgIpc) is 3.14. The molecule has 2 atom stereocenters. The fourth-order valence-corrected chi connectivity index (χ4v) is 9.09. The maximum atomic E-state index is 12.7. The van der Waals surface area contributed by atoms with Crippen LogP contribution in [-0.4, -0.2) is 50.1 Å². The first kappa shape index (κ1) is 24.0. The summed E-state index contributed by atoms with van der Waals surface area (Å²) < 4.78 is 12.7. The van der Waals surface area contributed by atoms with Crippen LogP contribution in [0.3, 0.4) is 0 Å². The minimum Gasteiger partial charge on any atom is -0.444 e. The van der Waals surface area contributed by atoms with Gasteiger partial charge in [-0.3, -0.25) is 4.90 Å². The second kappa shape index (κ2) is 9.09. The van der Waals surface area contributed by atoms with E-state index < -0.39 is 20.0 Å². The minimum absolute atomic E-state index is 0.193. The Bertz CT molecular complexity index is 919. The van der Waals surface area contributed by atoms with Crippen LogP contribution in [-0.2, 0) is 9.16 Å². The number of hydrogen-bond donors (Lipinski definition) is 0. The van der Waals surface area contributed by atoms with E-state index in [0.717, 1.165) is 10.4 Å². The summed E-state index contributed by atoms with van der Waals surface area (Å²) in [5.41, 5.74) is -0.582. The lowest BCUT2D eigenvalue weighted by molar-refractivity contribution is 0.0274. The number of carbonyl (C=O) groups is 1. The molecule has 2 aromatic rings. The van der Waals surface area contributed by atoms with Gasteiger partial charge in [-0.25, -0.2) is 11.4 Å². The third kappa shape index (κ3) is 4.90. The van der Waals surface area contributed by atoms with Crippen LogP contribution in [0.15, 0.2) is 60.7 Å². The molecule has 0 spiro atoms. The van der Waals surface area contributed by atoms with Gasteiger partial charge in [0.15, 0.2) is 0 Å². The standard InChI is InChI=1S/C26H34N2O3Si/c1-25(2,3)30-24(29)28-18-22(27-7)23(19-28)31-32(26(4,5)6,20-14-10-8-11-15-20)21-16-12-9-13-17-21/h8-17,22-23H,18-19H2,1-6H3/t22-,23+/m0/s1. The molecule has 1 aliphatic heterocycles. The van der Waals surface area contributed by atoms with Crippen molar-refractivity contribution in [3.63, 3.8) is 0 Å². The van der Waals surface area contributed by atoms with Crippen LogP contribution >= 0.6 is 0 Å². The Morgan fingerprint density at radius 3 is 1.84 bits per heavy atom. The van der Waals surface area contributed by atoms with Crippen molar-refractivity contribution in [2.75, 3.05) is 13.1 Å². The molecule has 170 valence electrons. The number of benzene rings is 2. The number of carbonyl (C=O) groups excluding carboxylic acids is 1. The summed E-state index contributed by atoms with van der Waals surface area (Å²) in [5, 5.41) is 2.14. The first-order chi connectivity index (χ1) is 15.0. The molecule has 0 N–H and O–H groups in total. The van der Waals surface area contributed by atoms with Crippen molar-refractivity contribution in [1.29, 1.82) is 0 Å². The topological polar surface area (TPSA) is 43.1 Å². The van der Waals surface area contributed by atoms with Crippen LogP contribution in [0.2, 0.25) is 5.04 Å². The van der Waals surface area contributed by atoms with E-state index in [-0.39, 0.29) is 17.2 Å². The summed E-state index contributed by atoms with van der Waals surface area (Å²) in [4.78, 5) is 18.2. The van der Waals surface area contributed by atoms with Gasteiger partial charge in [-0.2, -0.15) is 0 Å². The summed E-state index contributed by atoms with van der Waals surface area (Å²) in [6, 6.07) is 20.3. The van der Waals surface area contributed by atoms with E-state index in [1.807, 2.05) is 57.2 Å². The molecule has 1 saturated heterocycles. The Labute approximate surface area is 193 Å². The predicted molar refractivity (Wildman–Crippen MR) is 131 cm³/mol. The van der Waals surface area contributed by atoms with Gasteiger partial charge in [0, 0.05) is 0 Å². The zero-order valence-electron chi connectivity index (χ0n) is 20.0. The lowest BCUT2D eigenvalue weighted by Crippen LogP contribution is -2.68. The Hall–Kier alpha value is -2.62. The highest BCUT2D eigenvalue weighted by Crippen LogP contribution is 2.39.